The van der Waals surface area contributed by atoms with Gasteiger partial charge in [-0.25, -0.2) is 0 Å². The fourth-order valence-corrected chi connectivity index (χ4v) is 3.41. The van der Waals surface area contributed by atoms with Gasteiger partial charge in [0, 0.05) is 13.0 Å². The fraction of sp³-hybridized carbons (Fsp3) is 0.611. The highest BCUT2D eigenvalue weighted by Gasteiger charge is 2.33. The lowest BCUT2D eigenvalue weighted by Gasteiger charge is -2.29. The van der Waals surface area contributed by atoms with Crippen molar-refractivity contribution >= 4 is 18.3 Å². The van der Waals surface area contributed by atoms with Crippen molar-refractivity contribution in [3.63, 3.8) is 0 Å². The first-order chi connectivity index (χ1) is 10.6. The summed E-state index contributed by atoms with van der Waals surface area (Å²) in [4.78, 5) is 12.3. The smallest absolute Gasteiger partial charge is 0.220 e. The lowest BCUT2D eigenvalue weighted by Crippen LogP contribution is -2.51. The van der Waals surface area contributed by atoms with E-state index in [2.05, 4.69) is 18.3 Å². The van der Waals surface area contributed by atoms with Gasteiger partial charge in [0.2, 0.25) is 5.91 Å². The van der Waals surface area contributed by atoms with Crippen molar-refractivity contribution in [3.8, 4) is 5.75 Å². The lowest BCUT2D eigenvalue weighted by atomic mass is 9.94. The van der Waals surface area contributed by atoms with E-state index in [-0.39, 0.29) is 29.8 Å². The maximum Gasteiger partial charge on any atom is 0.220 e. The van der Waals surface area contributed by atoms with Crippen molar-refractivity contribution in [2.24, 2.45) is 11.7 Å². The highest BCUT2D eigenvalue weighted by molar-refractivity contribution is 5.85. The molecule has 1 aromatic rings. The van der Waals surface area contributed by atoms with Gasteiger partial charge in [-0.15, -0.1) is 12.4 Å². The molecule has 1 aliphatic rings. The van der Waals surface area contributed by atoms with E-state index in [9.17, 15) is 4.79 Å². The van der Waals surface area contributed by atoms with Crippen LogP contribution in [-0.4, -0.2) is 25.1 Å². The van der Waals surface area contributed by atoms with Gasteiger partial charge in [-0.05, 0) is 36.8 Å². The topological polar surface area (TPSA) is 64.3 Å². The van der Waals surface area contributed by atoms with Gasteiger partial charge in [0.1, 0.15) is 5.75 Å². The van der Waals surface area contributed by atoms with Crippen LogP contribution in [0.5, 0.6) is 5.75 Å². The summed E-state index contributed by atoms with van der Waals surface area (Å²) < 4.78 is 5.38. The van der Waals surface area contributed by atoms with E-state index in [0.717, 1.165) is 43.4 Å². The SMILES string of the molecule is COc1ccccc1CC(C)CC(=O)NC1(CN)CCCC1.Cl. The molecule has 0 heterocycles. The Bertz CT molecular complexity index is 502. The van der Waals surface area contributed by atoms with E-state index < -0.39 is 0 Å². The summed E-state index contributed by atoms with van der Waals surface area (Å²) in [6.45, 7) is 2.65. The number of carbonyl (C=O) groups excluding carboxylic acids is 1. The van der Waals surface area contributed by atoms with E-state index in [4.69, 9.17) is 10.5 Å². The molecule has 2 rings (SSSR count). The Labute approximate surface area is 145 Å². The predicted molar refractivity (Wildman–Crippen MR) is 96.1 cm³/mol. The van der Waals surface area contributed by atoms with Gasteiger partial charge < -0.3 is 15.8 Å². The number of nitrogens with one attached hydrogen (secondary N) is 1. The molecule has 1 fully saturated rings. The lowest BCUT2D eigenvalue weighted by molar-refractivity contribution is -0.123. The van der Waals surface area contributed by atoms with Gasteiger partial charge in [0.05, 0.1) is 12.6 Å². The first-order valence-electron chi connectivity index (χ1n) is 8.21. The van der Waals surface area contributed by atoms with Crippen LogP contribution in [0.15, 0.2) is 24.3 Å². The zero-order valence-electron chi connectivity index (χ0n) is 14.1. The molecule has 0 aliphatic heterocycles. The molecule has 1 atom stereocenters. The number of carbonyl (C=O) groups is 1. The Kier molecular flexibility index (Phi) is 7.86. The number of ether oxygens (including phenoxy) is 1. The second kappa shape index (κ2) is 9.14. The third-order valence-electron chi connectivity index (χ3n) is 4.65. The highest BCUT2D eigenvalue weighted by Crippen LogP contribution is 2.29. The average molecular weight is 341 g/mol. The number of hydrogen-bond donors (Lipinski definition) is 2. The van der Waals surface area contributed by atoms with Crippen molar-refractivity contribution in [1.29, 1.82) is 0 Å². The van der Waals surface area contributed by atoms with Crippen LogP contribution in [0.4, 0.5) is 0 Å². The van der Waals surface area contributed by atoms with Gasteiger partial charge in [-0.1, -0.05) is 38.0 Å². The summed E-state index contributed by atoms with van der Waals surface area (Å²) in [5.41, 5.74) is 6.88. The van der Waals surface area contributed by atoms with Crippen LogP contribution in [-0.2, 0) is 11.2 Å². The fourth-order valence-electron chi connectivity index (χ4n) is 3.41. The molecular formula is C18H29ClN2O2. The van der Waals surface area contributed by atoms with Crippen LogP contribution in [0.3, 0.4) is 0 Å². The molecule has 5 heteroatoms. The third kappa shape index (κ3) is 5.40. The zero-order valence-corrected chi connectivity index (χ0v) is 15.0. The van der Waals surface area contributed by atoms with Crippen molar-refractivity contribution in [2.75, 3.05) is 13.7 Å². The van der Waals surface area contributed by atoms with Crippen molar-refractivity contribution in [1.82, 2.24) is 5.32 Å². The molecule has 23 heavy (non-hydrogen) atoms. The molecule has 1 amide bonds. The molecule has 0 aromatic heterocycles. The first-order valence-corrected chi connectivity index (χ1v) is 8.21. The van der Waals surface area contributed by atoms with Gasteiger partial charge in [0.15, 0.2) is 0 Å². The number of para-hydroxylation sites is 1. The number of halogens is 1. The quantitative estimate of drug-likeness (QED) is 0.801. The number of benzene rings is 1. The van der Waals surface area contributed by atoms with Crippen molar-refractivity contribution < 1.29 is 9.53 Å². The third-order valence-corrected chi connectivity index (χ3v) is 4.65. The molecule has 130 valence electrons. The van der Waals surface area contributed by atoms with Gasteiger partial charge >= 0.3 is 0 Å². The van der Waals surface area contributed by atoms with Crippen molar-refractivity contribution in [3.05, 3.63) is 29.8 Å². The Morgan fingerprint density at radius 3 is 2.61 bits per heavy atom. The molecule has 0 spiro atoms. The monoisotopic (exact) mass is 340 g/mol. The Morgan fingerprint density at radius 2 is 2.00 bits per heavy atom. The van der Waals surface area contributed by atoms with E-state index in [1.165, 1.54) is 0 Å². The minimum atomic E-state index is -0.152. The molecule has 3 N–H and O–H groups in total. The number of hydrogen-bond acceptors (Lipinski definition) is 3. The summed E-state index contributed by atoms with van der Waals surface area (Å²) in [5.74, 6) is 1.28. The van der Waals surface area contributed by atoms with Crippen LogP contribution in [0.1, 0.15) is 44.6 Å². The second-order valence-electron chi connectivity index (χ2n) is 6.57. The number of nitrogens with two attached hydrogens (primary N) is 1. The van der Waals surface area contributed by atoms with Crippen LogP contribution in [0, 0.1) is 5.92 Å². The molecule has 0 radical (unpaired) electrons. The summed E-state index contributed by atoms with van der Waals surface area (Å²) in [6, 6.07) is 7.99. The maximum absolute atomic E-state index is 12.3. The minimum Gasteiger partial charge on any atom is -0.496 e. The van der Waals surface area contributed by atoms with Crippen molar-refractivity contribution in [2.45, 2.75) is 51.0 Å². The molecule has 1 saturated carbocycles. The summed E-state index contributed by atoms with van der Waals surface area (Å²) in [7, 11) is 1.68. The van der Waals surface area contributed by atoms with Gasteiger partial charge in [-0.3, -0.25) is 4.79 Å². The highest BCUT2D eigenvalue weighted by atomic mass is 35.5. The molecule has 4 nitrogen and oxygen atoms in total. The average Bonchev–Trinajstić information content (AvgIpc) is 2.96. The second-order valence-corrected chi connectivity index (χ2v) is 6.57. The zero-order chi connectivity index (χ0) is 16.0. The van der Waals surface area contributed by atoms with Crippen LogP contribution in [0.25, 0.3) is 0 Å². The minimum absolute atomic E-state index is 0. The normalized spacial score (nSPS) is 17.2. The van der Waals surface area contributed by atoms with E-state index >= 15 is 0 Å². The van der Waals surface area contributed by atoms with E-state index in [0.29, 0.717) is 13.0 Å². The molecule has 0 bridgehead atoms. The molecule has 1 unspecified atom stereocenters. The number of amides is 1. The van der Waals surface area contributed by atoms with E-state index in [1.807, 2.05) is 18.2 Å². The predicted octanol–water partition coefficient (Wildman–Crippen LogP) is 3.07. The van der Waals surface area contributed by atoms with E-state index in [1.54, 1.807) is 7.11 Å². The summed E-state index contributed by atoms with van der Waals surface area (Å²) in [6.07, 6.45) is 5.71. The van der Waals surface area contributed by atoms with Crippen LogP contribution >= 0.6 is 12.4 Å². The first kappa shape index (κ1) is 19.8. The van der Waals surface area contributed by atoms with Crippen LogP contribution in [0.2, 0.25) is 0 Å². The Hall–Kier alpha value is -1.26. The molecule has 1 aromatic carbocycles. The summed E-state index contributed by atoms with van der Waals surface area (Å²) >= 11 is 0. The molecular weight excluding hydrogens is 312 g/mol. The van der Waals surface area contributed by atoms with Gasteiger partial charge in [0.25, 0.3) is 0 Å². The van der Waals surface area contributed by atoms with Crippen LogP contribution < -0.4 is 15.8 Å². The maximum atomic E-state index is 12.3. The number of methoxy groups -OCH3 is 1. The van der Waals surface area contributed by atoms with Gasteiger partial charge in [-0.2, -0.15) is 0 Å². The molecule has 1 aliphatic carbocycles. The largest absolute Gasteiger partial charge is 0.496 e. The number of rotatable bonds is 7. The Balaban J connectivity index is 0.00000264. The summed E-state index contributed by atoms with van der Waals surface area (Å²) in [5, 5.41) is 3.19. The Morgan fingerprint density at radius 1 is 1.35 bits per heavy atom. The standard InChI is InChI=1S/C18H28N2O2.ClH/c1-14(11-15-7-3-4-8-16(15)22-2)12-17(21)20-18(13-19)9-5-6-10-18;/h3-4,7-8,14H,5-6,9-13,19H2,1-2H3,(H,20,21);1H. The molecule has 0 saturated heterocycles.